The third-order valence-electron chi connectivity index (χ3n) is 13.1. The Bertz CT molecular complexity index is 2820. The molecule has 4 aliphatic rings. The van der Waals surface area contributed by atoms with E-state index in [0.29, 0.717) is 67.0 Å². The summed E-state index contributed by atoms with van der Waals surface area (Å²) in [7, 11) is 1.55. The minimum atomic E-state index is -1.54. The number of hydrogen-bond acceptors (Lipinski definition) is 9. The highest BCUT2D eigenvalue weighted by atomic mass is 35.5. The number of allylic oxidation sites excluding steroid dienone is 2. The van der Waals surface area contributed by atoms with E-state index in [1.807, 2.05) is 54.6 Å². The first-order valence-corrected chi connectivity index (χ1v) is 20.7. The van der Waals surface area contributed by atoms with Gasteiger partial charge in [0.15, 0.2) is 5.58 Å². The lowest BCUT2D eigenvalue weighted by Gasteiger charge is -2.50. The molecule has 2 N–H and O–H groups in total. The second-order valence-corrected chi connectivity index (χ2v) is 17.1. The third-order valence-corrected chi connectivity index (χ3v) is 13.6. The number of amides is 4. The molecule has 2 aliphatic carbocycles. The summed E-state index contributed by atoms with van der Waals surface area (Å²) in [6.45, 7) is 3.58. The monoisotopic (exact) mass is 852 g/mol. The second kappa shape index (κ2) is 14.4. The number of nitrogens with zero attached hydrogens (tertiary/aromatic N) is 3. The second-order valence-electron chi connectivity index (χ2n) is 16.3. The summed E-state index contributed by atoms with van der Waals surface area (Å²) in [5.41, 5.74) is 7.50. The zero-order chi connectivity index (χ0) is 42.5. The van der Waals surface area contributed by atoms with Crippen molar-refractivity contribution in [2.45, 2.75) is 38.0 Å². The standard InChI is InChI=1S/C48H38Cl2N4O7/c1-24-20-27(21-25(2)42(24)55)41-32-17-18-33-40(46(58)53(44(33)56)30-13-8-26(9-14-30)43-51-38-6-4-5-7-39(38)61-43)34(32)23-35-45(57)54(52-37-19-12-29(49)22-36(37)50)47(59)48(35,41)28-10-15-31(60-3)16-11-28/h4-17,19-22,33-35,40-41,52,55H,18,23H2,1-3H3. The number of hydrazine groups is 1. The average molecular weight is 854 g/mol. The van der Waals surface area contributed by atoms with Crippen LogP contribution in [0.15, 0.2) is 119 Å². The molecule has 3 heterocycles. The molecule has 61 heavy (non-hydrogen) atoms. The average Bonchev–Trinajstić information content (AvgIpc) is 3.88. The Hall–Kier alpha value is -6.43. The van der Waals surface area contributed by atoms with Gasteiger partial charge in [-0.1, -0.05) is 71.2 Å². The van der Waals surface area contributed by atoms with Crippen molar-refractivity contribution in [3.05, 3.63) is 147 Å². The Morgan fingerprint density at radius 3 is 2.26 bits per heavy atom. The summed E-state index contributed by atoms with van der Waals surface area (Å²) in [6.07, 6.45) is 2.36. The van der Waals surface area contributed by atoms with Crippen LogP contribution in [0.1, 0.15) is 41.0 Å². The van der Waals surface area contributed by atoms with Gasteiger partial charge in [0.25, 0.3) is 11.8 Å². The summed E-state index contributed by atoms with van der Waals surface area (Å²) in [6, 6.07) is 30.0. The van der Waals surface area contributed by atoms with Crippen LogP contribution in [0.2, 0.25) is 10.0 Å². The number of hydrogen-bond donors (Lipinski definition) is 2. The number of methoxy groups -OCH3 is 1. The van der Waals surface area contributed by atoms with Crippen molar-refractivity contribution >= 4 is 69.3 Å². The van der Waals surface area contributed by atoms with Crippen LogP contribution in [-0.2, 0) is 24.6 Å². The van der Waals surface area contributed by atoms with Crippen LogP contribution < -0.4 is 15.1 Å². The molecule has 11 nitrogen and oxygen atoms in total. The number of rotatable bonds is 7. The first-order valence-electron chi connectivity index (χ1n) is 20.0. The normalized spacial score (nSPS) is 24.5. The topological polar surface area (TPSA) is 142 Å². The van der Waals surface area contributed by atoms with E-state index in [0.717, 1.165) is 10.6 Å². The van der Waals surface area contributed by atoms with Crippen LogP contribution >= 0.6 is 23.2 Å². The van der Waals surface area contributed by atoms with Gasteiger partial charge in [0.2, 0.25) is 17.7 Å². The number of phenolic OH excluding ortho intramolecular Hbond substituents is 1. The number of fused-ring (bicyclic) bond motifs is 5. The van der Waals surface area contributed by atoms with Crippen molar-refractivity contribution in [1.82, 2.24) is 9.99 Å². The minimum Gasteiger partial charge on any atom is -0.507 e. The number of oxazole rings is 1. The van der Waals surface area contributed by atoms with Crippen LogP contribution in [0.3, 0.4) is 0 Å². The van der Waals surface area contributed by atoms with E-state index in [1.54, 1.807) is 69.5 Å². The Labute approximate surface area is 360 Å². The molecule has 2 aliphatic heterocycles. The van der Waals surface area contributed by atoms with E-state index in [1.165, 1.54) is 11.0 Å². The fraction of sp³-hybridized carbons (Fsp3) is 0.229. The van der Waals surface area contributed by atoms with Gasteiger partial charge in [-0.3, -0.25) is 29.5 Å². The Balaban J connectivity index is 1.10. The predicted octanol–water partition coefficient (Wildman–Crippen LogP) is 9.32. The van der Waals surface area contributed by atoms with Gasteiger partial charge in [0, 0.05) is 16.5 Å². The number of benzene rings is 5. The fourth-order valence-corrected chi connectivity index (χ4v) is 10.8. The molecule has 0 spiro atoms. The van der Waals surface area contributed by atoms with Gasteiger partial charge >= 0.3 is 0 Å². The minimum absolute atomic E-state index is 0.103. The SMILES string of the molecule is COc1ccc(C23C(=O)N(Nc4ccc(Cl)cc4Cl)C(=O)C2CC2C(=CCC4C(=O)N(c5ccc(-c6nc7ccccc7o6)cc5)C(=O)C42)C3c2cc(C)c(O)c(C)c2)cc1. The van der Waals surface area contributed by atoms with E-state index in [9.17, 15) is 14.7 Å². The molecule has 306 valence electrons. The van der Waals surface area contributed by atoms with Crippen molar-refractivity contribution in [1.29, 1.82) is 0 Å². The summed E-state index contributed by atoms with van der Waals surface area (Å²) in [5, 5.41) is 12.6. The number of aromatic nitrogens is 1. The molecule has 10 rings (SSSR count). The lowest BCUT2D eigenvalue weighted by Crippen LogP contribution is -2.53. The number of aryl methyl sites for hydroxylation is 2. The molecule has 4 amide bonds. The molecule has 6 unspecified atom stereocenters. The van der Waals surface area contributed by atoms with Gasteiger partial charge in [-0.05, 0) is 122 Å². The number of carbonyl (C=O) groups is 4. The molecule has 13 heteroatoms. The number of anilines is 2. The number of para-hydroxylation sites is 2. The molecular weight excluding hydrogens is 815 g/mol. The Kier molecular flexibility index (Phi) is 9.12. The van der Waals surface area contributed by atoms with E-state index >= 15 is 9.59 Å². The predicted molar refractivity (Wildman–Crippen MR) is 230 cm³/mol. The van der Waals surface area contributed by atoms with Crippen molar-refractivity contribution < 1.29 is 33.4 Å². The maximum Gasteiger partial charge on any atom is 0.260 e. The molecule has 5 aromatic carbocycles. The highest BCUT2D eigenvalue weighted by molar-refractivity contribution is 6.36. The summed E-state index contributed by atoms with van der Waals surface area (Å²) in [5.74, 6) is -4.49. The van der Waals surface area contributed by atoms with Crippen molar-refractivity contribution in [2.24, 2.45) is 23.7 Å². The summed E-state index contributed by atoms with van der Waals surface area (Å²) >= 11 is 12.8. The van der Waals surface area contributed by atoms with E-state index < -0.39 is 46.8 Å². The van der Waals surface area contributed by atoms with Gasteiger partial charge in [-0.25, -0.2) is 4.98 Å². The number of aromatic hydroxyl groups is 1. The van der Waals surface area contributed by atoms with Gasteiger partial charge in [0.05, 0.1) is 46.7 Å². The van der Waals surface area contributed by atoms with Crippen LogP contribution in [-0.4, -0.2) is 45.8 Å². The quantitative estimate of drug-likeness (QED) is 0.119. The summed E-state index contributed by atoms with van der Waals surface area (Å²) < 4.78 is 11.5. The molecule has 0 bridgehead atoms. The molecule has 3 fully saturated rings. The molecule has 6 atom stereocenters. The van der Waals surface area contributed by atoms with Crippen molar-refractivity contribution in [3.8, 4) is 23.0 Å². The Morgan fingerprint density at radius 1 is 0.852 bits per heavy atom. The molecule has 6 aromatic rings. The smallest absolute Gasteiger partial charge is 0.260 e. The molecule has 1 aromatic heterocycles. The van der Waals surface area contributed by atoms with E-state index in [-0.39, 0.29) is 35.4 Å². The number of imide groups is 2. The number of halogens is 2. The highest BCUT2D eigenvalue weighted by Crippen LogP contribution is 2.64. The maximum atomic E-state index is 15.6. The fourth-order valence-electron chi connectivity index (χ4n) is 10.4. The lowest BCUT2D eigenvalue weighted by molar-refractivity contribution is -0.138. The molecule has 0 radical (unpaired) electrons. The zero-order valence-corrected chi connectivity index (χ0v) is 34.7. The van der Waals surface area contributed by atoms with E-state index in [2.05, 4.69) is 10.4 Å². The van der Waals surface area contributed by atoms with Crippen LogP contribution in [0.4, 0.5) is 11.4 Å². The zero-order valence-electron chi connectivity index (χ0n) is 33.2. The number of phenols is 1. The van der Waals surface area contributed by atoms with Crippen LogP contribution in [0.5, 0.6) is 11.5 Å². The largest absolute Gasteiger partial charge is 0.507 e. The van der Waals surface area contributed by atoms with Crippen molar-refractivity contribution in [2.75, 3.05) is 17.4 Å². The van der Waals surface area contributed by atoms with E-state index in [4.69, 9.17) is 32.4 Å². The van der Waals surface area contributed by atoms with Gasteiger partial charge in [-0.2, -0.15) is 5.01 Å². The summed E-state index contributed by atoms with van der Waals surface area (Å²) in [4.78, 5) is 65.9. The number of nitrogens with one attached hydrogen (secondary N) is 1. The van der Waals surface area contributed by atoms with Crippen LogP contribution in [0.25, 0.3) is 22.6 Å². The lowest BCUT2D eigenvalue weighted by atomic mass is 9.49. The third kappa shape index (κ3) is 5.81. The van der Waals surface area contributed by atoms with Crippen molar-refractivity contribution in [3.63, 3.8) is 0 Å². The van der Waals surface area contributed by atoms with Gasteiger partial charge in [-0.15, -0.1) is 0 Å². The molecule has 2 saturated heterocycles. The van der Waals surface area contributed by atoms with Gasteiger partial charge < -0.3 is 14.3 Å². The first-order chi connectivity index (χ1) is 29.4. The molecule has 1 saturated carbocycles. The Morgan fingerprint density at radius 2 is 1.57 bits per heavy atom. The number of carbonyl (C=O) groups excluding carboxylic acids is 4. The molecular formula is C48H38Cl2N4O7. The van der Waals surface area contributed by atoms with Crippen LogP contribution in [0, 0.1) is 37.5 Å². The maximum absolute atomic E-state index is 15.6. The number of ether oxygens (including phenoxy) is 1. The highest BCUT2D eigenvalue weighted by Gasteiger charge is 2.70. The first kappa shape index (κ1) is 38.8. The van der Waals surface area contributed by atoms with Gasteiger partial charge in [0.1, 0.15) is 17.0 Å².